The van der Waals surface area contributed by atoms with Crippen LogP contribution in [-0.4, -0.2) is 24.0 Å². The molecule has 1 aliphatic rings. The molecule has 0 spiro atoms. The van der Waals surface area contributed by atoms with E-state index in [0.717, 1.165) is 12.6 Å². The van der Waals surface area contributed by atoms with Gasteiger partial charge in [0.15, 0.2) is 0 Å². The van der Waals surface area contributed by atoms with Gasteiger partial charge in [-0.2, -0.15) is 0 Å². The molecule has 0 aromatic heterocycles. The van der Waals surface area contributed by atoms with E-state index in [0.29, 0.717) is 0 Å². The van der Waals surface area contributed by atoms with E-state index >= 15 is 0 Å². The lowest BCUT2D eigenvalue weighted by molar-refractivity contribution is 0.180. The van der Waals surface area contributed by atoms with Crippen LogP contribution in [0.2, 0.25) is 0 Å². The third-order valence-electron chi connectivity index (χ3n) is 4.26. The molecule has 0 bridgehead atoms. The Labute approximate surface area is 120 Å². The zero-order valence-electron chi connectivity index (χ0n) is 13.5. The maximum absolute atomic E-state index is 2.67. The van der Waals surface area contributed by atoms with E-state index in [2.05, 4.69) is 44.7 Å². The summed E-state index contributed by atoms with van der Waals surface area (Å²) in [5.41, 5.74) is 2.98. The first-order valence-corrected chi connectivity index (χ1v) is 8.16. The number of allylic oxidation sites excluding steroid dienone is 3. The molecular weight excluding hydrogens is 230 g/mol. The minimum atomic E-state index is 0.848. The highest BCUT2D eigenvalue weighted by atomic mass is 15.1. The van der Waals surface area contributed by atoms with Gasteiger partial charge in [0.2, 0.25) is 0 Å². The highest BCUT2D eigenvalue weighted by Crippen LogP contribution is 2.22. The largest absolute Gasteiger partial charge is 0.297 e. The Bertz CT molecular complexity index is 291. The van der Waals surface area contributed by atoms with Crippen LogP contribution in [0.25, 0.3) is 0 Å². The van der Waals surface area contributed by atoms with Crippen molar-refractivity contribution in [2.24, 2.45) is 0 Å². The topological polar surface area (TPSA) is 3.24 Å². The maximum Gasteiger partial charge on any atom is 0.0168 e. The SMILES string of the molecule is CCN(C/C=C(\C)CCC=C(C)C)C1CCCCC1. The van der Waals surface area contributed by atoms with E-state index in [-0.39, 0.29) is 0 Å². The van der Waals surface area contributed by atoms with Gasteiger partial charge in [0.25, 0.3) is 0 Å². The molecule has 0 amide bonds. The minimum absolute atomic E-state index is 0.848. The van der Waals surface area contributed by atoms with Gasteiger partial charge in [-0.05, 0) is 53.0 Å². The number of rotatable bonds is 7. The van der Waals surface area contributed by atoms with Gasteiger partial charge in [-0.3, -0.25) is 4.90 Å². The van der Waals surface area contributed by atoms with Crippen LogP contribution in [0.15, 0.2) is 23.3 Å². The molecule has 110 valence electrons. The smallest absolute Gasteiger partial charge is 0.0168 e. The molecule has 0 aromatic carbocycles. The average molecular weight is 263 g/mol. The van der Waals surface area contributed by atoms with Gasteiger partial charge >= 0.3 is 0 Å². The second-order valence-corrected chi connectivity index (χ2v) is 6.25. The molecule has 0 aliphatic heterocycles. The normalized spacial score (nSPS) is 17.8. The van der Waals surface area contributed by atoms with Gasteiger partial charge in [-0.25, -0.2) is 0 Å². The van der Waals surface area contributed by atoms with Crippen LogP contribution in [0.1, 0.15) is 72.6 Å². The summed E-state index contributed by atoms with van der Waals surface area (Å²) in [6.45, 7) is 11.3. The zero-order chi connectivity index (χ0) is 14.1. The zero-order valence-corrected chi connectivity index (χ0v) is 13.5. The number of hydrogen-bond donors (Lipinski definition) is 0. The maximum atomic E-state index is 2.67. The van der Waals surface area contributed by atoms with Crippen molar-refractivity contribution in [3.63, 3.8) is 0 Å². The van der Waals surface area contributed by atoms with Crippen LogP contribution in [0, 0.1) is 0 Å². The highest BCUT2D eigenvalue weighted by Gasteiger charge is 2.18. The molecule has 0 heterocycles. The van der Waals surface area contributed by atoms with Crippen molar-refractivity contribution in [2.45, 2.75) is 78.7 Å². The molecule has 0 radical (unpaired) electrons. The minimum Gasteiger partial charge on any atom is -0.297 e. The summed E-state index contributed by atoms with van der Waals surface area (Å²) < 4.78 is 0. The van der Waals surface area contributed by atoms with Gasteiger partial charge in [-0.15, -0.1) is 0 Å². The lowest BCUT2D eigenvalue weighted by Gasteiger charge is -2.32. The fourth-order valence-corrected chi connectivity index (χ4v) is 2.95. The van der Waals surface area contributed by atoms with Crippen molar-refractivity contribution in [2.75, 3.05) is 13.1 Å². The monoisotopic (exact) mass is 263 g/mol. The molecule has 1 heteroatoms. The third kappa shape index (κ3) is 6.96. The second-order valence-electron chi connectivity index (χ2n) is 6.25. The first-order valence-electron chi connectivity index (χ1n) is 8.16. The van der Waals surface area contributed by atoms with Crippen LogP contribution >= 0.6 is 0 Å². The molecular formula is C18H33N. The van der Waals surface area contributed by atoms with E-state index in [1.807, 2.05) is 0 Å². The first-order chi connectivity index (χ1) is 9.13. The van der Waals surface area contributed by atoms with Crippen molar-refractivity contribution in [3.05, 3.63) is 23.3 Å². The average Bonchev–Trinajstić information content (AvgIpc) is 2.40. The molecule has 0 unspecified atom stereocenters. The second kappa shape index (κ2) is 9.36. The number of likely N-dealkylation sites (N-methyl/N-ethyl adjacent to an activating group) is 1. The summed E-state index contributed by atoms with van der Waals surface area (Å²) in [4.78, 5) is 2.67. The Kier molecular flexibility index (Phi) is 8.13. The molecule has 1 saturated carbocycles. The fraction of sp³-hybridized carbons (Fsp3) is 0.778. The summed E-state index contributed by atoms with van der Waals surface area (Å²) in [5.74, 6) is 0. The van der Waals surface area contributed by atoms with Crippen LogP contribution < -0.4 is 0 Å². The molecule has 0 aromatic rings. The van der Waals surface area contributed by atoms with Gasteiger partial charge < -0.3 is 0 Å². The summed E-state index contributed by atoms with van der Waals surface area (Å²) in [5, 5.41) is 0. The predicted octanol–water partition coefficient (Wildman–Crippen LogP) is 5.33. The summed E-state index contributed by atoms with van der Waals surface area (Å²) in [6, 6.07) is 0.848. The van der Waals surface area contributed by atoms with Crippen LogP contribution in [-0.2, 0) is 0 Å². The van der Waals surface area contributed by atoms with Crippen molar-refractivity contribution in [1.82, 2.24) is 4.90 Å². The standard InChI is InChI=1S/C18H33N/c1-5-19(18-12-7-6-8-13-18)15-14-17(4)11-9-10-16(2)3/h10,14,18H,5-9,11-13,15H2,1-4H3/b17-14+. The summed E-state index contributed by atoms with van der Waals surface area (Å²) >= 11 is 0. The van der Waals surface area contributed by atoms with Gasteiger partial charge in [-0.1, -0.05) is 49.5 Å². The van der Waals surface area contributed by atoms with Gasteiger partial charge in [0.05, 0.1) is 0 Å². The lowest BCUT2D eigenvalue weighted by Crippen LogP contribution is -2.36. The molecule has 0 atom stereocenters. The highest BCUT2D eigenvalue weighted by molar-refractivity contribution is 5.03. The number of nitrogens with zero attached hydrogens (tertiary/aromatic N) is 1. The Balaban J connectivity index is 2.35. The van der Waals surface area contributed by atoms with E-state index in [4.69, 9.17) is 0 Å². The molecule has 0 saturated heterocycles. The van der Waals surface area contributed by atoms with Crippen LogP contribution in [0.5, 0.6) is 0 Å². The number of hydrogen-bond acceptors (Lipinski definition) is 1. The molecule has 1 nitrogen and oxygen atoms in total. The van der Waals surface area contributed by atoms with E-state index in [1.54, 1.807) is 5.57 Å². The molecule has 0 N–H and O–H groups in total. The molecule has 1 rings (SSSR count). The van der Waals surface area contributed by atoms with E-state index in [1.165, 1.54) is 57.1 Å². The predicted molar refractivity (Wildman–Crippen MR) is 86.5 cm³/mol. The van der Waals surface area contributed by atoms with Gasteiger partial charge in [0, 0.05) is 12.6 Å². The third-order valence-corrected chi connectivity index (χ3v) is 4.26. The Hall–Kier alpha value is -0.560. The quantitative estimate of drug-likeness (QED) is 0.561. The van der Waals surface area contributed by atoms with Crippen molar-refractivity contribution >= 4 is 0 Å². The first kappa shape index (κ1) is 16.5. The summed E-state index contributed by atoms with van der Waals surface area (Å²) in [6.07, 6.45) is 14.4. The molecule has 1 fully saturated rings. The van der Waals surface area contributed by atoms with E-state index < -0.39 is 0 Å². The fourth-order valence-electron chi connectivity index (χ4n) is 2.95. The van der Waals surface area contributed by atoms with Crippen LogP contribution in [0.3, 0.4) is 0 Å². The lowest BCUT2D eigenvalue weighted by atomic mass is 9.94. The Morgan fingerprint density at radius 3 is 2.32 bits per heavy atom. The van der Waals surface area contributed by atoms with Crippen molar-refractivity contribution < 1.29 is 0 Å². The van der Waals surface area contributed by atoms with Crippen molar-refractivity contribution in [3.8, 4) is 0 Å². The summed E-state index contributed by atoms with van der Waals surface area (Å²) in [7, 11) is 0. The van der Waals surface area contributed by atoms with Crippen molar-refractivity contribution in [1.29, 1.82) is 0 Å². The van der Waals surface area contributed by atoms with Crippen LogP contribution in [0.4, 0.5) is 0 Å². The molecule has 19 heavy (non-hydrogen) atoms. The molecule has 1 aliphatic carbocycles. The Morgan fingerprint density at radius 1 is 1.05 bits per heavy atom. The Morgan fingerprint density at radius 2 is 1.74 bits per heavy atom. The van der Waals surface area contributed by atoms with E-state index in [9.17, 15) is 0 Å². The van der Waals surface area contributed by atoms with Gasteiger partial charge in [0.1, 0.15) is 0 Å².